The fraction of sp³-hybridized carbons (Fsp3) is 0.667. The van der Waals surface area contributed by atoms with Crippen molar-refractivity contribution in [2.75, 3.05) is 39.0 Å². The van der Waals surface area contributed by atoms with Crippen molar-refractivity contribution in [1.82, 2.24) is 19.8 Å². The number of hydrogen-bond acceptors (Lipinski definition) is 5. The summed E-state index contributed by atoms with van der Waals surface area (Å²) in [5.74, 6) is 3.03. The third kappa shape index (κ3) is 4.00. The predicted octanol–water partition coefficient (Wildman–Crippen LogP) is 2.57. The van der Waals surface area contributed by atoms with E-state index in [-0.39, 0.29) is 5.91 Å². The monoisotopic (exact) mass is 369 g/mol. The van der Waals surface area contributed by atoms with Crippen LogP contribution < -0.4 is 5.32 Å². The largest absolute Gasteiger partial charge is 0.373 e. The highest BCUT2D eigenvalue weighted by atomic mass is 16.2. The standard InChI is InChI=1S/C21H31N5O/c1-22-21-17-14-26(19(27)13-15-5-3-4-6-15)12-9-18(17)23-20(24-21)16-7-10-25(2)11-8-16/h3,5,15-16H,4,6-14H2,1-2H3,(H,22,23,24)/t15-/m0/s1. The fourth-order valence-corrected chi connectivity index (χ4v) is 4.52. The first kappa shape index (κ1) is 18.4. The van der Waals surface area contributed by atoms with Crippen LogP contribution in [0, 0.1) is 5.92 Å². The van der Waals surface area contributed by atoms with Crippen LogP contribution in [0.4, 0.5) is 5.82 Å². The normalized spacial score (nSPS) is 23.5. The molecule has 27 heavy (non-hydrogen) atoms. The molecule has 0 unspecified atom stereocenters. The molecule has 4 rings (SSSR count). The van der Waals surface area contributed by atoms with Gasteiger partial charge in [0.15, 0.2) is 0 Å². The minimum atomic E-state index is 0.263. The molecule has 1 fully saturated rings. The zero-order chi connectivity index (χ0) is 18.8. The Balaban J connectivity index is 1.49. The quantitative estimate of drug-likeness (QED) is 0.827. The van der Waals surface area contributed by atoms with E-state index in [2.05, 4.69) is 29.4 Å². The summed E-state index contributed by atoms with van der Waals surface area (Å²) in [6, 6.07) is 0. The van der Waals surface area contributed by atoms with E-state index in [0.717, 1.165) is 74.6 Å². The maximum absolute atomic E-state index is 12.7. The molecule has 1 aromatic rings. The second-order valence-electron chi connectivity index (χ2n) is 8.22. The Kier molecular flexibility index (Phi) is 5.43. The summed E-state index contributed by atoms with van der Waals surface area (Å²) >= 11 is 0. The first-order chi connectivity index (χ1) is 13.1. The molecule has 0 aromatic carbocycles. The van der Waals surface area contributed by atoms with E-state index in [9.17, 15) is 4.79 Å². The van der Waals surface area contributed by atoms with Gasteiger partial charge in [-0.3, -0.25) is 4.79 Å². The molecule has 1 aromatic heterocycles. The second-order valence-corrected chi connectivity index (χ2v) is 8.22. The molecule has 6 heteroatoms. The summed E-state index contributed by atoms with van der Waals surface area (Å²) in [6.07, 6.45) is 10.3. The van der Waals surface area contributed by atoms with E-state index in [4.69, 9.17) is 9.97 Å². The number of carbonyl (C=O) groups is 1. The summed E-state index contributed by atoms with van der Waals surface area (Å²) in [5.41, 5.74) is 2.24. The average Bonchev–Trinajstić information content (AvgIpc) is 3.20. The lowest BCUT2D eigenvalue weighted by Gasteiger charge is -2.32. The number of nitrogens with one attached hydrogen (secondary N) is 1. The molecule has 0 radical (unpaired) electrons. The van der Waals surface area contributed by atoms with Crippen LogP contribution in [-0.2, 0) is 17.8 Å². The van der Waals surface area contributed by atoms with E-state index >= 15 is 0 Å². The van der Waals surface area contributed by atoms with Crippen LogP contribution in [0.1, 0.15) is 55.1 Å². The van der Waals surface area contributed by atoms with Crippen LogP contribution in [0.3, 0.4) is 0 Å². The van der Waals surface area contributed by atoms with Crippen molar-refractivity contribution in [2.45, 2.75) is 51.0 Å². The molecular formula is C21H31N5O. The molecule has 3 aliphatic rings. The zero-order valence-corrected chi connectivity index (χ0v) is 16.6. The van der Waals surface area contributed by atoms with E-state index in [1.165, 1.54) is 0 Å². The fourth-order valence-electron chi connectivity index (χ4n) is 4.52. The van der Waals surface area contributed by atoms with Crippen LogP contribution in [0.15, 0.2) is 12.2 Å². The van der Waals surface area contributed by atoms with Crippen molar-refractivity contribution in [3.8, 4) is 0 Å². The van der Waals surface area contributed by atoms with Crippen molar-refractivity contribution < 1.29 is 4.79 Å². The Bertz CT molecular complexity index is 706. The van der Waals surface area contributed by atoms with Gasteiger partial charge in [0.05, 0.1) is 12.2 Å². The van der Waals surface area contributed by atoms with Gasteiger partial charge in [-0.05, 0) is 51.7 Å². The maximum atomic E-state index is 12.7. The molecule has 146 valence electrons. The number of amides is 1. The van der Waals surface area contributed by atoms with Crippen molar-refractivity contribution in [1.29, 1.82) is 0 Å². The van der Waals surface area contributed by atoms with Crippen molar-refractivity contribution in [2.24, 2.45) is 5.92 Å². The first-order valence-corrected chi connectivity index (χ1v) is 10.3. The van der Waals surface area contributed by atoms with Gasteiger partial charge < -0.3 is 15.1 Å². The van der Waals surface area contributed by atoms with E-state index in [1.54, 1.807) is 0 Å². The molecule has 0 saturated carbocycles. The van der Waals surface area contributed by atoms with E-state index < -0.39 is 0 Å². The highest BCUT2D eigenvalue weighted by Gasteiger charge is 2.29. The SMILES string of the molecule is CNc1nc(C2CCN(C)CC2)nc2c1CN(C(=O)C[C@H]1C=CCC1)CC2. The highest BCUT2D eigenvalue weighted by molar-refractivity contribution is 5.77. The summed E-state index contributed by atoms with van der Waals surface area (Å²) in [7, 11) is 4.10. The Hall–Kier alpha value is -1.95. The van der Waals surface area contributed by atoms with Crippen molar-refractivity contribution >= 4 is 11.7 Å². The molecule has 1 N–H and O–H groups in total. The van der Waals surface area contributed by atoms with Gasteiger partial charge in [0.1, 0.15) is 11.6 Å². The highest BCUT2D eigenvalue weighted by Crippen LogP contribution is 2.31. The van der Waals surface area contributed by atoms with Gasteiger partial charge in [0.25, 0.3) is 0 Å². The summed E-state index contributed by atoms with van der Waals surface area (Å²) in [6.45, 7) is 3.62. The van der Waals surface area contributed by atoms with E-state index in [1.807, 2.05) is 11.9 Å². The topological polar surface area (TPSA) is 61.4 Å². The number of allylic oxidation sites excluding steroid dienone is 2. The Morgan fingerprint density at radius 3 is 2.74 bits per heavy atom. The van der Waals surface area contributed by atoms with Crippen molar-refractivity contribution in [3.63, 3.8) is 0 Å². The van der Waals surface area contributed by atoms with Gasteiger partial charge in [-0.2, -0.15) is 0 Å². The Labute approximate surface area is 162 Å². The molecule has 2 aliphatic heterocycles. The minimum Gasteiger partial charge on any atom is -0.373 e. The molecule has 0 spiro atoms. The van der Waals surface area contributed by atoms with Gasteiger partial charge in [-0.25, -0.2) is 9.97 Å². The van der Waals surface area contributed by atoms with Gasteiger partial charge in [0.2, 0.25) is 5.91 Å². The Morgan fingerprint density at radius 1 is 1.22 bits per heavy atom. The van der Waals surface area contributed by atoms with Crippen LogP contribution in [0.5, 0.6) is 0 Å². The third-order valence-electron chi connectivity index (χ3n) is 6.30. The van der Waals surface area contributed by atoms with Crippen LogP contribution in [-0.4, -0.2) is 59.4 Å². The van der Waals surface area contributed by atoms with Crippen LogP contribution >= 0.6 is 0 Å². The third-order valence-corrected chi connectivity index (χ3v) is 6.30. The zero-order valence-electron chi connectivity index (χ0n) is 16.6. The van der Waals surface area contributed by atoms with E-state index in [0.29, 0.717) is 24.8 Å². The number of fused-ring (bicyclic) bond motifs is 1. The summed E-state index contributed by atoms with van der Waals surface area (Å²) < 4.78 is 0. The predicted molar refractivity (Wildman–Crippen MR) is 107 cm³/mol. The van der Waals surface area contributed by atoms with Gasteiger partial charge in [-0.1, -0.05) is 12.2 Å². The first-order valence-electron chi connectivity index (χ1n) is 10.3. The molecular weight excluding hydrogens is 338 g/mol. The lowest BCUT2D eigenvalue weighted by molar-refractivity contribution is -0.132. The Morgan fingerprint density at radius 2 is 2.04 bits per heavy atom. The molecule has 1 saturated heterocycles. The average molecular weight is 370 g/mol. The van der Waals surface area contributed by atoms with Crippen LogP contribution in [0.2, 0.25) is 0 Å². The number of nitrogens with zero attached hydrogens (tertiary/aromatic N) is 4. The lowest BCUT2D eigenvalue weighted by Crippen LogP contribution is -2.38. The van der Waals surface area contributed by atoms with Gasteiger partial charge in [0, 0.05) is 37.9 Å². The molecule has 0 bridgehead atoms. The number of carbonyl (C=O) groups excluding carboxylic acids is 1. The molecule has 3 heterocycles. The van der Waals surface area contributed by atoms with Gasteiger partial charge in [-0.15, -0.1) is 0 Å². The summed E-state index contributed by atoms with van der Waals surface area (Å²) in [4.78, 5) is 26.9. The van der Waals surface area contributed by atoms with Gasteiger partial charge >= 0.3 is 0 Å². The summed E-state index contributed by atoms with van der Waals surface area (Å²) in [5, 5.41) is 3.27. The molecule has 1 atom stereocenters. The second kappa shape index (κ2) is 7.97. The smallest absolute Gasteiger partial charge is 0.223 e. The molecule has 1 aliphatic carbocycles. The lowest BCUT2D eigenvalue weighted by atomic mass is 9.95. The molecule has 1 amide bonds. The number of piperidine rings is 1. The number of anilines is 1. The molecule has 6 nitrogen and oxygen atoms in total. The van der Waals surface area contributed by atoms with Crippen molar-refractivity contribution in [3.05, 3.63) is 29.2 Å². The number of rotatable bonds is 4. The van der Waals surface area contributed by atoms with Crippen LogP contribution in [0.25, 0.3) is 0 Å². The minimum absolute atomic E-state index is 0.263. The number of likely N-dealkylation sites (tertiary alicyclic amines) is 1. The number of aromatic nitrogens is 2. The number of hydrogen-bond donors (Lipinski definition) is 1. The maximum Gasteiger partial charge on any atom is 0.223 e.